The van der Waals surface area contributed by atoms with Crippen molar-refractivity contribution < 1.29 is 9.53 Å². The molecule has 0 aliphatic heterocycles. The first kappa shape index (κ1) is 19.3. The second-order valence-corrected chi connectivity index (χ2v) is 7.98. The van der Waals surface area contributed by atoms with E-state index < -0.39 is 0 Å². The number of nitrogens with one attached hydrogen (secondary N) is 1. The van der Waals surface area contributed by atoms with E-state index in [0.29, 0.717) is 17.0 Å². The lowest BCUT2D eigenvalue weighted by molar-refractivity contribution is 0.102. The van der Waals surface area contributed by atoms with Gasteiger partial charge in [0.2, 0.25) is 0 Å². The Kier molecular flexibility index (Phi) is 6.62. The second kappa shape index (κ2) is 8.93. The summed E-state index contributed by atoms with van der Waals surface area (Å²) in [4.78, 5) is 20.9. The van der Waals surface area contributed by atoms with Crippen LogP contribution in [0.1, 0.15) is 43.0 Å². The molecular formula is C18H19Cl2N3O2S. The maximum absolute atomic E-state index is 12.6. The number of thioether (sulfide) groups is 1. The van der Waals surface area contributed by atoms with E-state index in [-0.39, 0.29) is 22.1 Å². The van der Waals surface area contributed by atoms with Crippen LogP contribution in [0.25, 0.3) is 0 Å². The fourth-order valence-electron chi connectivity index (χ4n) is 2.79. The van der Waals surface area contributed by atoms with Gasteiger partial charge in [-0.1, -0.05) is 30.1 Å². The van der Waals surface area contributed by atoms with Crippen LogP contribution in [-0.2, 0) is 0 Å². The molecule has 26 heavy (non-hydrogen) atoms. The zero-order chi connectivity index (χ0) is 18.5. The highest BCUT2D eigenvalue weighted by atomic mass is 35.5. The third-order valence-corrected chi connectivity index (χ3v) is 5.49. The number of aromatic nitrogens is 2. The Labute approximate surface area is 166 Å². The molecule has 138 valence electrons. The number of carbonyl (C=O) groups is 1. The van der Waals surface area contributed by atoms with Crippen molar-refractivity contribution in [3.05, 3.63) is 40.3 Å². The molecule has 0 radical (unpaired) electrons. The van der Waals surface area contributed by atoms with E-state index in [0.717, 1.165) is 23.6 Å². The third-order valence-electron chi connectivity index (χ3n) is 4.05. The molecule has 2 aromatic rings. The molecule has 1 amide bonds. The zero-order valence-corrected chi connectivity index (χ0v) is 16.6. The molecule has 3 rings (SSSR count). The lowest BCUT2D eigenvalue weighted by Gasteiger charge is -2.16. The molecule has 0 aromatic carbocycles. The van der Waals surface area contributed by atoms with Crippen LogP contribution in [0.5, 0.6) is 5.75 Å². The molecule has 0 spiro atoms. The molecule has 0 saturated heterocycles. The number of amides is 1. The number of anilines is 1. The van der Waals surface area contributed by atoms with E-state index in [1.165, 1.54) is 31.4 Å². The van der Waals surface area contributed by atoms with Crippen LogP contribution in [0.4, 0.5) is 5.69 Å². The minimum Gasteiger partial charge on any atom is -0.488 e. The molecule has 0 atom stereocenters. The fourth-order valence-corrected chi connectivity index (χ4v) is 3.90. The quantitative estimate of drug-likeness (QED) is 0.638. The predicted octanol–water partition coefficient (Wildman–Crippen LogP) is 5.47. The van der Waals surface area contributed by atoms with Crippen LogP contribution >= 0.6 is 35.0 Å². The fraction of sp³-hybridized carbons (Fsp3) is 0.389. The molecule has 8 heteroatoms. The third kappa shape index (κ3) is 4.61. The molecule has 1 N–H and O–H groups in total. The molecule has 2 aromatic heterocycles. The smallest absolute Gasteiger partial charge is 0.257 e. The van der Waals surface area contributed by atoms with Crippen molar-refractivity contribution in [1.82, 2.24) is 9.97 Å². The van der Waals surface area contributed by atoms with E-state index in [4.69, 9.17) is 27.9 Å². The van der Waals surface area contributed by atoms with Crippen LogP contribution < -0.4 is 10.1 Å². The van der Waals surface area contributed by atoms with Gasteiger partial charge in [-0.15, -0.1) is 11.8 Å². The van der Waals surface area contributed by atoms with Crippen molar-refractivity contribution in [2.75, 3.05) is 11.1 Å². The van der Waals surface area contributed by atoms with Crippen molar-refractivity contribution in [3.63, 3.8) is 0 Å². The van der Waals surface area contributed by atoms with Gasteiger partial charge in [0, 0.05) is 18.6 Å². The first-order chi connectivity index (χ1) is 12.6. The highest BCUT2D eigenvalue weighted by Crippen LogP contribution is 2.33. The summed E-state index contributed by atoms with van der Waals surface area (Å²) < 4.78 is 6.12. The first-order valence-corrected chi connectivity index (χ1v) is 10.2. The standard InChI is InChI=1S/C18H19Cl2N3O2S/c1-2-26-18-15(25-12-5-3-4-6-12)7-11(8-22-18)17(24)23-16-13(19)9-21-10-14(16)20/h7-10,12H,2-6H2,1H3,(H,21,23,24). The summed E-state index contributed by atoms with van der Waals surface area (Å²) in [6.07, 6.45) is 9.01. The number of ether oxygens (including phenoxy) is 1. The minimum absolute atomic E-state index is 0.190. The maximum Gasteiger partial charge on any atom is 0.257 e. The van der Waals surface area contributed by atoms with Gasteiger partial charge in [-0.3, -0.25) is 9.78 Å². The van der Waals surface area contributed by atoms with Gasteiger partial charge >= 0.3 is 0 Å². The van der Waals surface area contributed by atoms with Crippen molar-refractivity contribution in [2.24, 2.45) is 0 Å². The summed E-state index contributed by atoms with van der Waals surface area (Å²) in [6.45, 7) is 2.06. The van der Waals surface area contributed by atoms with Gasteiger partial charge in [0.05, 0.1) is 27.4 Å². The van der Waals surface area contributed by atoms with E-state index in [2.05, 4.69) is 22.2 Å². The van der Waals surface area contributed by atoms with Gasteiger partial charge < -0.3 is 10.1 Å². The first-order valence-electron chi connectivity index (χ1n) is 8.48. The van der Waals surface area contributed by atoms with Crippen molar-refractivity contribution in [3.8, 4) is 5.75 Å². The summed E-state index contributed by atoms with van der Waals surface area (Å²) in [6, 6.07) is 1.74. The minimum atomic E-state index is -0.350. The normalized spacial score (nSPS) is 14.4. The molecule has 2 heterocycles. The lowest BCUT2D eigenvalue weighted by Crippen LogP contribution is -2.16. The Balaban J connectivity index is 1.83. The van der Waals surface area contributed by atoms with Crippen LogP contribution in [0.3, 0.4) is 0 Å². The largest absolute Gasteiger partial charge is 0.488 e. The summed E-state index contributed by atoms with van der Waals surface area (Å²) >= 11 is 13.7. The molecular weight excluding hydrogens is 393 g/mol. The molecule has 1 aliphatic carbocycles. The second-order valence-electron chi connectivity index (χ2n) is 5.92. The highest BCUT2D eigenvalue weighted by molar-refractivity contribution is 7.99. The number of nitrogens with zero attached hydrogens (tertiary/aromatic N) is 2. The molecule has 0 bridgehead atoms. The van der Waals surface area contributed by atoms with E-state index in [9.17, 15) is 4.79 Å². The monoisotopic (exact) mass is 411 g/mol. The van der Waals surface area contributed by atoms with E-state index >= 15 is 0 Å². The molecule has 1 fully saturated rings. The van der Waals surface area contributed by atoms with E-state index in [1.54, 1.807) is 17.8 Å². The maximum atomic E-state index is 12.6. The average Bonchev–Trinajstić information content (AvgIpc) is 3.13. The van der Waals surface area contributed by atoms with Crippen molar-refractivity contribution in [2.45, 2.75) is 43.7 Å². The zero-order valence-electron chi connectivity index (χ0n) is 14.3. The molecule has 0 unspecified atom stereocenters. The lowest BCUT2D eigenvalue weighted by atomic mass is 10.2. The van der Waals surface area contributed by atoms with Gasteiger partial charge in [0.15, 0.2) is 5.75 Å². The number of hydrogen-bond donors (Lipinski definition) is 1. The van der Waals surface area contributed by atoms with Crippen LogP contribution in [0.2, 0.25) is 10.0 Å². The molecule has 5 nitrogen and oxygen atoms in total. The van der Waals surface area contributed by atoms with Crippen LogP contribution in [0.15, 0.2) is 29.7 Å². The Morgan fingerprint density at radius 2 is 1.96 bits per heavy atom. The van der Waals surface area contributed by atoms with Gasteiger partial charge in [-0.2, -0.15) is 0 Å². The summed E-state index contributed by atoms with van der Waals surface area (Å²) in [5.41, 5.74) is 0.723. The van der Waals surface area contributed by atoms with Gasteiger partial charge in [0.1, 0.15) is 5.03 Å². The number of hydrogen-bond acceptors (Lipinski definition) is 5. The number of halogens is 2. The number of pyridine rings is 2. The average molecular weight is 412 g/mol. The van der Waals surface area contributed by atoms with Crippen molar-refractivity contribution in [1.29, 1.82) is 0 Å². The molecule has 1 aliphatic rings. The Bertz CT molecular complexity index is 778. The predicted molar refractivity (Wildman–Crippen MR) is 106 cm³/mol. The Morgan fingerprint density at radius 3 is 2.62 bits per heavy atom. The van der Waals surface area contributed by atoms with Gasteiger partial charge in [-0.25, -0.2) is 4.98 Å². The Morgan fingerprint density at radius 1 is 1.27 bits per heavy atom. The number of rotatable bonds is 6. The van der Waals surface area contributed by atoms with Gasteiger partial charge in [0.25, 0.3) is 5.91 Å². The highest BCUT2D eigenvalue weighted by Gasteiger charge is 2.20. The summed E-state index contributed by atoms with van der Waals surface area (Å²) in [7, 11) is 0. The topological polar surface area (TPSA) is 64.1 Å². The SMILES string of the molecule is CCSc1ncc(C(=O)Nc2c(Cl)cncc2Cl)cc1OC1CCCC1. The summed E-state index contributed by atoms with van der Waals surface area (Å²) in [5, 5.41) is 4.08. The van der Waals surface area contributed by atoms with E-state index in [1.807, 2.05) is 0 Å². The molecule has 1 saturated carbocycles. The van der Waals surface area contributed by atoms with Gasteiger partial charge in [-0.05, 0) is 37.5 Å². The van der Waals surface area contributed by atoms with Crippen LogP contribution in [0, 0.1) is 0 Å². The summed E-state index contributed by atoms with van der Waals surface area (Å²) in [5.74, 6) is 1.18. The number of carbonyl (C=O) groups excluding carboxylic acids is 1. The van der Waals surface area contributed by atoms with Crippen molar-refractivity contribution >= 4 is 46.6 Å². The van der Waals surface area contributed by atoms with Crippen LogP contribution in [-0.4, -0.2) is 27.7 Å². The Hall–Kier alpha value is -1.50.